The maximum Gasteiger partial charge on any atom is 0.170 e. The predicted molar refractivity (Wildman–Crippen MR) is 104 cm³/mol. The van der Waals surface area contributed by atoms with Crippen molar-refractivity contribution in [2.45, 2.75) is 26.3 Å². The van der Waals surface area contributed by atoms with Crippen LogP contribution in [0.25, 0.3) is 11.0 Å². The SMILES string of the molecule is CCc1ccc(NC(=S)NCCCn2cnc3ccccc32)cc1. The first-order valence-electron chi connectivity index (χ1n) is 8.30. The minimum Gasteiger partial charge on any atom is -0.362 e. The molecule has 24 heavy (non-hydrogen) atoms. The molecule has 0 aliphatic carbocycles. The minimum atomic E-state index is 0.662. The van der Waals surface area contributed by atoms with Crippen molar-refractivity contribution in [1.82, 2.24) is 14.9 Å². The number of aromatic nitrogens is 2. The molecular weight excluding hydrogens is 316 g/mol. The Labute approximate surface area is 147 Å². The second kappa shape index (κ2) is 7.93. The summed E-state index contributed by atoms with van der Waals surface area (Å²) in [6.07, 6.45) is 3.93. The topological polar surface area (TPSA) is 41.9 Å². The van der Waals surface area contributed by atoms with Crippen molar-refractivity contribution < 1.29 is 0 Å². The molecule has 0 aliphatic rings. The summed E-state index contributed by atoms with van der Waals surface area (Å²) in [6.45, 7) is 3.89. The van der Waals surface area contributed by atoms with E-state index in [1.165, 1.54) is 11.1 Å². The highest BCUT2D eigenvalue weighted by molar-refractivity contribution is 7.80. The third-order valence-corrected chi connectivity index (χ3v) is 4.26. The van der Waals surface area contributed by atoms with Crippen LogP contribution in [-0.4, -0.2) is 21.2 Å². The molecule has 4 nitrogen and oxygen atoms in total. The summed E-state index contributed by atoms with van der Waals surface area (Å²) in [6, 6.07) is 16.5. The number of para-hydroxylation sites is 2. The Kier molecular flexibility index (Phi) is 5.43. The molecule has 124 valence electrons. The van der Waals surface area contributed by atoms with Gasteiger partial charge in [-0.25, -0.2) is 4.98 Å². The third-order valence-electron chi connectivity index (χ3n) is 4.01. The van der Waals surface area contributed by atoms with Crippen molar-refractivity contribution in [2.24, 2.45) is 0 Å². The molecule has 0 amide bonds. The lowest BCUT2D eigenvalue weighted by Gasteiger charge is -2.11. The van der Waals surface area contributed by atoms with Gasteiger partial charge in [-0.1, -0.05) is 31.2 Å². The van der Waals surface area contributed by atoms with E-state index in [9.17, 15) is 0 Å². The van der Waals surface area contributed by atoms with E-state index in [-0.39, 0.29) is 0 Å². The van der Waals surface area contributed by atoms with E-state index in [4.69, 9.17) is 12.2 Å². The lowest BCUT2D eigenvalue weighted by Crippen LogP contribution is -2.29. The van der Waals surface area contributed by atoms with Gasteiger partial charge in [0.2, 0.25) is 0 Å². The molecule has 5 heteroatoms. The molecule has 2 aromatic carbocycles. The highest BCUT2D eigenvalue weighted by atomic mass is 32.1. The van der Waals surface area contributed by atoms with Crippen LogP contribution in [0, 0.1) is 0 Å². The first-order valence-corrected chi connectivity index (χ1v) is 8.71. The smallest absolute Gasteiger partial charge is 0.170 e. The predicted octanol–water partition coefficient (Wildman–Crippen LogP) is 3.98. The van der Waals surface area contributed by atoms with Gasteiger partial charge in [0.15, 0.2) is 5.11 Å². The van der Waals surface area contributed by atoms with Crippen molar-refractivity contribution in [3.05, 3.63) is 60.4 Å². The Hall–Kier alpha value is -2.40. The summed E-state index contributed by atoms with van der Waals surface area (Å²) < 4.78 is 2.18. The summed E-state index contributed by atoms with van der Waals surface area (Å²) in [4.78, 5) is 4.41. The van der Waals surface area contributed by atoms with Crippen LogP contribution < -0.4 is 10.6 Å². The number of benzene rings is 2. The molecule has 0 atom stereocenters. The van der Waals surface area contributed by atoms with Crippen LogP contribution in [-0.2, 0) is 13.0 Å². The Morgan fingerprint density at radius 2 is 1.92 bits per heavy atom. The first kappa shape index (κ1) is 16.5. The zero-order valence-electron chi connectivity index (χ0n) is 13.8. The number of thiocarbonyl (C=S) groups is 1. The molecule has 0 saturated carbocycles. The highest BCUT2D eigenvalue weighted by Crippen LogP contribution is 2.12. The summed E-state index contributed by atoms with van der Waals surface area (Å²) >= 11 is 5.35. The van der Waals surface area contributed by atoms with Crippen LogP contribution in [0.1, 0.15) is 18.9 Å². The Balaban J connectivity index is 1.43. The molecule has 0 bridgehead atoms. The summed E-state index contributed by atoms with van der Waals surface area (Å²) in [5, 5.41) is 7.14. The van der Waals surface area contributed by atoms with Crippen LogP contribution in [0.2, 0.25) is 0 Å². The molecular formula is C19H22N4S. The molecule has 3 rings (SSSR count). The van der Waals surface area contributed by atoms with Gasteiger partial charge < -0.3 is 15.2 Å². The van der Waals surface area contributed by atoms with Crippen LogP contribution >= 0.6 is 12.2 Å². The highest BCUT2D eigenvalue weighted by Gasteiger charge is 2.01. The van der Waals surface area contributed by atoms with Crippen LogP contribution in [0.3, 0.4) is 0 Å². The number of aryl methyl sites for hydroxylation is 2. The molecule has 3 aromatic rings. The maximum absolute atomic E-state index is 5.35. The minimum absolute atomic E-state index is 0.662. The van der Waals surface area contributed by atoms with E-state index in [1.807, 2.05) is 24.5 Å². The van der Waals surface area contributed by atoms with Crippen molar-refractivity contribution in [1.29, 1.82) is 0 Å². The fourth-order valence-electron chi connectivity index (χ4n) is 2.64. The molecule has 1 aromatic heterocycles. The van der Waals surface area contributed by atoms with Gasteiger partial charge in [-0.2, -0.15) is 0 Å². The van der Waals surface area contributed by atoms with Gasteiger partial charge in [0.25, 0.3) is 0 Å². The molecule has 2 N–H and O–H groups in total. The summed E-state index contributed by atoms with van der Waals surface area (Å²) in [5.74, 6) is 0. The monoisotopic (exact) mass is 338 g/mol. The summed E-state index contributed by atoms with van der Waals surface area (Å²) in [5.41, 5.74) is 4.56. The number of nitrogens with one attached hydrogen (secondary N) is 2. The van der Waals surface area contributed by atoms with Crippen molar-refractivity contribution in [3.8, 4) is 0 Å². The Morgan fingerprint density at radius 3 is 2.71 bits per heavy atom. The molecule has 0 saturated heterocycles. The summed E-state index contributed by atoms with van der Waals surface area (Å²) in [7, 11) is 0. The second-order valence-corrected chi connectivity index (χ2v) is 6.12. The number of hydrogen-bond donors (Lipinski definition) is 2. The normalized spacial score (nSPS) is 10.7. The van der Waals surface area contributed by atoms with Crippen LogP contribution in [0.5, 0.6) is 0 Å². The van der Waals surface area contributed by atoms with Gasteiger partial charge in [-0.3, -0.25) is 0 Å². The molecule has 1 heterocycles. The number of hydrogen-bond acceptors (Lipinski definition) is 2. The number of anilines is 1. The molecule has 0 spiro atoms. The van der Waals surface area contributed by atoms with E-state index < -0.39 is 0 Å². The van der Waals surface area contributed by atoms with Gasteiger partial charge >= 0.3 is 0 Å². The van der Waals surface area contributed by atoms with E-state index >= 15 is 0 Å². The fourth-order valence-corrected chi connectivity index (χ4v) is 2.86. The zero-order chi connectivity index (χ0) is 16.8. The second-order valence-electron chi connectivity index (χ2n) is 5.71. The maximum atomic E-state index is 5.35. The van der Waals surface area contributed by atoms with E-state index in [0.29, 0.717) is 5.11 Å². The lowest BCUT2D eigenvalue weighted by atomic mass is 10.1. The Bertz CT molecular complexity index is 808. The van der Waals surface area contributed by atoms with Gasteiger partial charge in [-0.15, -0.1) is 0 Å². The van der Waals surface area contributed by atoms with E-state index in [1.54, 1.807) is 0 Å². The van der Waals surface area contributed by atoms with E-state index in [0.717, 1.165) is 37.1 Å². The van der Waals surface area contributed by atoms with Crippen molar-refractivity contribution in [3.63, 3.8) is 0 Å². The number of rotatable bonds is 6. The number of nitrogens with zero attached hydrogens (tertiary/aromatic N) is 2. The molecule has 0 radical (unpaired) electrons. The molecule has 0 fully saturated rings. The zero-order valence-corrected chi connectivity index (χ0v) is 14.6. The Morgan fingerprint density at radius 1 is 1.12 bits per heavy atom. The lowest BCUT2D eigenvalue weighted by molar-refractivity contribution is 0.645. The number of imidazole rings is 1. The molecule has 0 aliphatic heterocycles. The first-order chi connectivity index (χ1) is 11.8. The number of fused-ring (bicyclic) bond motifs is 1. The van der Waals surface area contributed by atoms with E-state index in [2.05, 4.69) is 57.4 Å². The van der Waals surface area contributed by atoms with Gasteiger partial charge in [0.05, 0.1) is 17.4 Å². The van der Waals surface area contributed by atoms with Crippen molar-refractivity contribution >= 4 is 34.1 Å². The van der Waals surface area contributed by atoms with Gasteiger partial charge in [0, 0.05) is 18.8 Å². The average Bonchev–Trinajstić information content (AvgIpc) is 3.03. The van der Waals surface area contributed by atoms with Crippen molar-refractivity contribution in [2.75, 3.05) is 11.9 Å². The van der Waals surface area contributed by atoms with Crippen LogP contribution in [0.4, 0.5) is 5.69 Å². The average molecular weight is 338 g/mol. The standard InChI is InChI=1S/C19H22N4S/c1-2-15-8-10-16(11-9-15)22-19(24)20-12-5-13-23-14-21-17-6-3-4-7-18(17)23/h3-4,6-11,14H,2,5,12-13H2,1H3,(H2,20,22,24). The fraction of sp³-hybridized carbons (Fsp3) is 0.263. The van der Waals surface area contributed by atoms with Gasteiger partial charge in [0.1, 0.15) is 0 Å². The quantitative estimate of drug-likeness (QED) is 0.527. The van der Waals surface area contributed by atoms with Crippen LogP contribution in [0.15, 0.2) is 54.9 Å². The molecule has 0 unspecified atom stereocenters. The largest absolute Gasteiger partial charge is 0.362 e. The third kappa shape index (κ3) is 4.11. The van der Waals surface area contributed by atoms with Gasteiger partial charge in [-0.05, 0) is 54.9 Å².